The van der Waals surface area contributed by atoms with Crippen molar-refractivity contribution in [3.05, 3.63) is 29.0 Å². The fourth-order valence-electron chi connectivity index (χ4n) is 1.19. The van der Waals surface area contributed by atoms with Crippen molar-refractivity contribution >= 4 is 15.7 Å². The summed E-state index contributed by atoms with van der Waals surface area (Å²) in [6, 6.07) is 6.70. The Morgan fingerprint density at radius 2 is 2.19 bits per heavy atom. The lowest BCUT2D eigenvalue weighted by molar-refractivity contribution is -0.360. The molecule has 0 radical (unpaired) electrons. The van der Waals surface area contributed by atoms with Gasteiger partial charge < -0.3 is 15.2 Å². The highest BCUT2D eigenvalue weighted by Crippen LogP contribution is 2.26. The number of sulfonamides is 1. The summed E-state index contributed by atoms with van der Waals surface area (Å²) < 4.78 is 31.8. The lowest BCUT2D eigenvalue weighted by Crippen LogP contribution is -2.52. The second-order valence-electron chi connectivity index (χ2n) is 3.16. The van der Waals surface area contributed by atoms with Gasteiger partial charge in [-0.15, -0.1) is 5.69 Å². The van der Waals surface area contributed by atoms with E-state index in [0.29, 0.717) is 24.6 Å². The molecule has 0 saturated heterocycles. The normalized spacial score (nSPS) is 11.1. The molecule has 0 saturated carbocycles. The maximum absolute atomic E-state index is 11.4. The van der Waals surface area contributed by atoms with Crippen molar-refractivity contribution < 1.29 is 18.9 Å². The van der Waals surface area contributed by atoms with Gasteiger partial charge in [0.25, 0.3) is 0 Å². The Balaban J connectivity index is 2.77. The number of rotatable bonds is 6. The van der Waals surface area contributed by atoms with E-state index in [1.165, 1.54) is 0 Å². The van der Waals surface area contributed by atoms with Gasteiger partial charge in [-0.3, -0.25) is 0 Å². The summed E-state index contributed by atoms with van der Waals surface area (Å²) in [6.07, 6.45) is 0. The molecule has 1 aromatic rings. The molecule has 0 amide bonds. The highest BCUT2D eigenvalue weighted by molar-refractivity contribution is 7.94. The van der Waals surface area contributed by atoms with Gasteiger partial charge in [-0.25, -0.2) is 8.42 Å². The highest BCUT2D eigenvalue weighted by atomic mass is 32.2. The zero-order valence-electron chi connectivity index (χ0n) is 9.22. The van der Waals surface area contributed by atoms with Gasteiger partial charge in [-0.2, -0.15) is 0 Å². The number of hydrogen-bond donors (Lipinski definition) is 1. The average molecular weight is 244 g/mol. The van der Waals surface area contributed by atoms with E-state index >= 15 is 0 Å². The molecule has 0 bridgehead atoms. The van der Waals surface area contributed by atoms with Crippen LogP contribution < -0.4 is 10.5 Å². The van der Waals surface area contributed by atoms with Crippen LogP contribution in [0.25, 0.3) is 4.72 Å². The predicted molar refractivity (Wildman–Crippen MR) is 62.2 cm³/mol. The largest absolute Gasteiger partial charge is 0.577 e. The van der Waals surface area contributed by atoms with Crippen LogP contribution in [0.5, 0.6) is 5.75 Å². The smallest absolute Gasteiger partial charge is 0.118 e. The minimum absolute atomic E-state index is 0.0359. The van der Waals surface area contributed by atoms with Gasteiger partial charge >= 0.3 is 0 Å². The Kier molecular flexibility index (Phi) is 4.57. The first-order valence-corrected chi connectivity index (χ1v) is 6.66. The van der Waals surface area contributed by atoms with E-state index in [-0.39, 0.29) is 5.75 Å². The summed E-state index contributed by atoms with van der Waals surface area (Å²) in [4.78, 5) is 0. The zero-order chi connectivity index (χ0) is 12.0. The van der Waals surface area contributed by atoms with Crippen molar-refractivity contribution in [1.82, 2.24) is 0 Å². The molecular formula is C10H16N2O3S. The van der Waals surface area contributed by atoms with E-state index in [1.54, 1.807) is 24.3 Å². The van der Waals surface area contributed by atoms with Gasteiger partial charge in [-0.05, 0) is 19.1 Å². The van der Waals surface area contributed by atoms with E-state index in [9.17, 15) is 8.42 Å². The molecule has 90 valence electrons. The number of nitrogens with zero attached hydrogens (tertiary/aromatic N) is 1. The molecule has 0 aliphatic carbocycles. The molecule has 0 aliphatic heterocycles. The first kappa shape index (κ1) is 12.8. The molecule has 0 unspecified atom stereocenters. The molecular weight excluding hydrogens is 228 g/mol. The first-order valence-electron chi connectivity index (χ1n) is 5.05. The van der Waals surface area contributed by atoms with Gasteiger partial charge in [0.15, 0.2) is 0 Å². The number of hydrogen-bond acceptors (Lipinski definition) is 3. The standard InChI is InChI=1S/C10H15N2O3S/c1-2-15-10-5-3-4-9(8-10)12-16(13,14)7-6-11/h3-5,8H,2,6-7,11H2,1H3/q-1/p+1. The van der Waals surface area contributed by atoms with Crippen molar-refractivity contribution in [1.29, 1.82) is 0 Å². The third kappa shape index (κ3) is 4.08. The van der Waals surface area contributed by atoms with Crippen molar-refractivity contribution in [3.63, 3.8) is 0 Å². The fraction of sp³-hybridized carbons (Fsp3) is 0.400. The second-order valence-corrected chi connectivity index (χ2v) is 4.92. The zero-order valence-corrected chi connectivity index (χ0v) is 10.0. The summed E-state index contributed by atoms with van der Waals surface area (Å²) >= 11 is 0. The molecule has 0 atom stereocenters. The first-order chi connectivity index (χ1) is 7.57. The van der Waals surface area contributed by atoms with Crippen LogP contribution in [0.3, 0.4) is 0 Å². The van der Waals surface area contributed by atoms with Crippen LogP contribution in [0.2, 0.25) is 0 Å². The number of ether oxygens (including phenoxy) is 1. The Hall–Kier alpha value is -1.27. The van der Waals surface area contributed by atoms with Crippen LogP contribution in [0.15, 0.2) is 24.3 Å². The van der Waals surface area contributed by atoms with Gasteiger partial charge in [0.2, 0.25) is 0 Å². The summed E-state index contributed by atoms with van der Waals surface area (Å²) in [7, 11) is -3.41. The van der Waals surface area contributed by atoms with Crippen LogP contribution in [-0.4, -0.2) is 27.3 Å². The van der Waals surface area contributed by atoms with E-state index in [0.717, 1.165) is 0 Å². The van der Waals surface area contributed by atoms with E-state index in [1.807, 2.05) is 6.92 Å². The van der Waals surface area contributed by atoms with Crippen LogP contribution >= 0.6 is 0 Å². The summed E-state index contributed by atoms with van der Waals surface area (Å²) in [5.41, 5.74) is 3.88. The molecule has 1 rings (SSSR count). The van der Waals surface area contributed by atoms with Crippen molar-refractivity contribution in [2.75, 3.05) is 18.9 Å². The molecule has 0 aromatic heterocycles. The lowest BCUT2D eigenvalue weighted by Gasteiger charge is -2.21. The highest BCUT2D eigenvalue weighted by Gasteiger charge is 1.99. The van der Waals surface area contributed by atoms with Crippen molar-refractivity contribution in [3.8, 4) is 5.75 Å². The van der Waals surface area contributed by atoms with Gasteiger partial charge in [0.05, 0.1) is 28.9 Å². The Morgan fingerprint density at radius 3 is 2.81 bits per heavy atom. The van der Waals surface area contributed by atoms with Crippen molar-refractivity contribution in [2.24, 2.45) is 0 Å². The second kappa shape index (κ2) is 5.72. The number of benzene rings is 1. The third-order valence-electron chi connectivity index (χ3n) is 1.78. The Bertz CT molecular complexity index is 431. The molecule has 3 N–H and O–H groups in total. The van der Waals surface area contributed by atoms with Crippen LogP contribution in [0.1, 0.15) is 6.92 Å². The summed E-state index contributed by atoms with van der Waals surface area (Å²) in [5, 5.41) is 0. The lowest BCUT2D eigenvalue weighted by atomic mass is 10.3. The fourth-order valence-corrected chi connectivity index (χ4v) is 2.08. The molecule has 0 fully saturated rings. The van der Waals surface area contributed by atoms with Crippen molar-refractivity contribution in [2.45, 2.75) is 6.92 Å². The predicted octanol–water partition coefficient (Wildman–Crippen LogP) is 0.662. The quantitative estimate of drug-likeness (QED) is 0.797. The number of quaternary nitrogens is 1. The molecule has 0 aliphatic rings. The van der Waals surface area contributed by atoms with Gasteiger partial charge in [0.1, 0.15) is 5.75 Å². The topological polar surface area (TPSA) is 85.1 Å². The molecule has 5 nitrogen and oxygen atoms in total. The molecule has 16 heavy (non-hydrogen) atoms. The third-order valence-corrected chi connectivity index (χ3v) is 3.07. The van der Waals surface area contributed by atoms with Crippen LogP contribution in [0, 0.1) is 0 Å². The van der Waals surface area contributed by atoms with Crippen LogP contribution in [-0.2, 0) is 10.0 Å². The molecule has 0 heterocycles. The molecule has 0 spiro atoms. The monoisotopic (exact) mass is 244 g/mol. The minimum Gasteiger partial charge on any atom is -0.577 e. The summed E-state index contributed by atoms with van der Waals surface area (Å²) in [6.45, 7) is 2.72. The Labute approximate surface area is 95.7 Å². The maximum atomic E-state index is 11.4. The van der Waals surface area contributed by atoms with Gasteiger partial charge in [0, 0.05) is 0 Å². The minimum atomic E-state index is -3.41. The van der Waals surface area contributed by atoms with Crippen LogP contribution in [0.4, 0.5) is 5.69 Å². The van der Waals surface area contributed by atoms with E-state index < -0.39 is 10.0 Å². The molecule has 1 aromatic carbocycles. The Morgan fingerprint density at radius 1 is 1.44 bits per heavy atom. The molecule has 6 heteroatoms. The summed E-state index contributed by atoms with van der Waals surface area (Å²) in [5.74, 6) is 0.583. The average Bonchev–Trinajstić information content (AvgIpc) is 2.17. The maximum Gasteiger partial charge on any atom is 0.118 e. The van der Waals surface area contributed by atoms with Gasteiger partial charge in [-0.1, -0.05) is 12.1 Å². The van der Waals surface area contributed by atoms with E-state index in [4.69, 9.17) is 4.74 Å². The van der Waals surface area contributed by atoms with E-state index in [2.05, 4.69) is 10.5 Å². The SMILES string of the molecule is CCOc1cccc([N-]S(=O)(=O)CC[NH3+])c1.